The van der Waals surface area contributed by atoms with Gasteiger partial charge in [0.25, 0.3) is 0 Å². The number of amides is 1. The van der Waals surface area contributed by atoms with Gasteiger partial charge in [0.1, 0.15) is 0 Å². The van der Waals surface area contributed by atoms with Crippen molar-refractivity contribution in [3.8, 4) is 0 Å². The summed E-state index contributed by atoms with van der Waals surface area (Å²) in [4.78, 5) is 17.0. The van der Waals surface area contributed by atoms with Gasteiger partial charge in [-0.2, -0.15) is 5.10 Å². The first-order valence-corrected chi connectivity index (χ1v) is 8.39. The molecule has 120 valence electrons. The van der Waals surface area contributed by atoms with Crippen LogP contribution in [-0.2, 0) is 4.79 Å². The lowest BCUT2D eigenvalue weighted by Crippen LogP contribution is -2.47. The Morgan fingerprint density at radius 2 is 2.05 bits per heavy atom. The highest BCUT2D eigenvalue weighted by atomic mass is 16.2. The summed E-state index contributed by atoms with van der Waals surface area (Å²) in [6, 6.07) is 4.26. The number of aryl methyl sites for hydroxylation is 1. The fourth-order valence-corrected chi connectivity index (χ4v) is 3.13. The van der Waals surface area contributed by atoms with E-state index < -0.39 is 0 Å². The Balaban J connectivity index is 1.80. The molecule has 1 atom stereocenters. The molecule has 0 bridgehead atoms. The second kappa shape index (κ2) is 6.23. The van der Waals surface area contributed by atoms with E-state index in [1.54, 1.807) is 0 Å². The Hall–Kier alpha value is -1.65. The van der Waals surface area contributed by atoms with Crippen LogP contribution >= 0.6 is 0 Å². The molecule has 22 heavy (non-hydrogen) atoms. The van der Waals surface area contributed by atoms with Crippen LogP contribution in [0.4, 0.5) is 5.82 Å². The van der Waals surface area contributed by atoms with E-state index in [0.29, 0.717) is 18.2 Å². The highest BCUT2D eigenvalue weighted by molar-refractivity contribution is 5.78. The fraction of sp³-hybridized carbons (Fsp3) is 0.706. The van der Waals surface area contributed by atoms with Crippen molar-refractivity contribution in [3.05, 3.63) is 17.8 Å². The lowest BCUT2D eigenvalue weighted by molar-refractivity contribution is -0.133. The summed E-state index contributed by atoms with van der Waals surface area (Å²) in [5.41, 5.74) is 0.922. The third-order valence-corrected chi connectivity index (χ3v) is 4.75. The van der Waals surface area contributed by atoms with E-state index in [0.717, 1.165) is 37.1 Å². The zero-order valence-corrected chi connectivity index (χ0v) is 13.8. The molecule has 2 aliphatic rings. The van der Waals surface area contributed by atoms with Gasteiger partial charge < -0.3 is 9.80 Å². The molecule has 1 unspecified atom stereocenters. The SMILES string of the molecule is Cc1ccc(N2CCC(=O)N(CC3CC3)C(C(C)C)C2)nn1. The number of anilines is 1. The summed E-state index contributed by atoms with van der Waals surface area (Å²) in [6.45, 7) is 8.89. The lowest BCUT2D eigenvalue weighted by atomic mass is 10.0. The molecular weight excluding hydrogens is 276 g/mol. The molecule has 1 aromatic rings. The highest BCUT2D eigenvalue weighted by Crippen LogP contribution is 2.32. The van der Waals surface area contributed by atoms with E-state index in [-0.39, 0.29) is 6.04 Å². The first-order chi connectivity index (χ1) is 10.5. The summed E-state index contributed by atoms with van der Waals surface area (Å²) in [5, 5.41) is 8.47. The summed E-state index contributed by atoms with van der Waals surface area (Å²) < 4.78 is 0. The molecule has 1 aromatic heterocycles. The first kappa shape index (κ1) is 15.3. The van der Waals surface area contributed by atoms with Crippen molar-refractivity contribution in [2.75, 3.05) is 24.5 Å². The average Bonchev–Trinajstić information content (AvgIpc) is 3.30. The molecule has 1 saturated carbocycles. The molecule has 5 nitrogen and oxygen atoms in total. The van der Waals surface area contributed by atoms with E-state index in [1.165, 1.54) is 12.8 Å². The Labute approximate surface area is 132 Å². The molecule has 1 saturated heterocycles. The van der Waals surface area contributed by atoms with Gasteiger partial charge in [0.05, 0.1) is 11.7 Å². The molecule has 2 heterocycles. The molecule has 1 aliphatic carbocycles. The zero-order chi connectivity index (χ0) is 15.7. The Morgan fingerprint density at radius 1 is 1.27 bits per heavy atom. The Bertz CT molecular complexity index is 524. The van der Waals surface area contributed by atoms with Crippen LogP contribution in [-0.4, -0.2) is 46.7 Å². The van der Waals surface area contributed by atoms with Crippen LogP contribution in [0.2, 0.25) is 0 Å². The Kier molecular flexibility index (Phi) is 4.32. The topological polar surface area (TPSA) is 49.3 Å². The minimum absolute atomic E-state index is 0.263. The maximum Gasteiger partial charge on any atom is 0.224 e. The van der Waals surface area contributed by atoms with E-state index >= 15 is 0 Å². The summed E-state index contributed by atoms with van der Waals surface area (Å²) >= 11 is 0. The van der Waals surface area contributed by atoms with E-state index in [9.17, 15) is 4.79 Å². The molecule has 5 heteroatoms. The molecule has 3 rings (SSSR count). The summed E-state index contributed by atoms with van der Waals surface area (Å²) in [5.74, 6) is 2.36. The maximum atomic E-state index is 12.6. The van der Waals surface area contributed by atoms with E-state index in [1.807, 2.05) is 19.1 Å². The molecule has 0 aromatic carbocycles. The van der Waals surface area contributed by atoms with Gasteiger partial charge in [0.15, 0.2) is 5.82 Å². The van der Waals surface area contributed by atoms with Gasteiger partial charge in [0, 0.05) is 26.1 Å². The maximum absolute atomic E-state index is 12.6. The summed E-state index contributed by atoms with van der Waals surface area (Å²) in [7, 11) is 0. The van der Waals surface area contributed by atoms with Gasteiger partial charge >= 0.3 is 0 Å². The molecule has 2 fully saturated rings. The number of carbonyl (C=O) groups excluding carboxylic acids is 1. The van der Waals surface area contributed by atoms with Gasteiger partial charge in [-0.15, -0.1) is 5.10 Å². The van der Waals surface area contributed by atoms with Crippen molar-refractivity contribution in [1.82, 2.24) is 15.1 Å². The van der Waals surface area contributed by atoms with Crippen LogP contribution in [0.5, 0.6) is 0 Å². The van der Waals surface area contributed by atoms with Crippen molar-refractivity contribution in [3.63, 3.8) is 0 Å². The standard InChI is InChI=1S/C17H26N4O/c1-12(2)15-11-20(16-7-4-13(3)18-19-16)9-8-17(22)21(15)10-14-5-6-14/h4,7,12,14-15H,5-6,8-11H2,1-3H3. The number of rotatable bonds is 4. The third-order valence-electron chi connectivity index (χ3n) is 4.75. The minimum atomic E-state index is 0.263. The number of hydrogen-bond acceptors (Lipinski definition) is 4. The van der Waals surface area contributed by atoms with E-state index in [2.05, 4.69) is 33.8 Å². The van der Waals surface area contributed by atoms with Crippen molar-refractivity contribution in [1.29, 1.82) is 0 Å². The minimum Gasteiger partial charge on any atom is -0.353 e. The second-order valence-electron chi connectivity index (χ2n) is 7.03. The average molecular weight is 302 g/mol. The highest BCUT2D eigenvalue weighted by Gasteiger charge is 2.35. The Morgan fingerprint density at radius 3 is 2.64 bits per heavy atom. The molecule has 0 spiro atoms. The van der Waals surface area contributed by atoms with E-state index in [4.69, 9.17) is 0 Å². The van der Waals surface area contributed by atoms with Crippen LogP contribution in [0.1, 0.15) is 38.8 Å². The van der Waals surface area contributed by atoms with Crippen LogP contribution in [0.3, 0.4) is 0 Å². The van der Waals surface area contributed by atoms with Gasteiger partial charge in [-0.1, -0.05) is 13.8 Å². The van der Waals surface area contributed by atoms with Gasteiger partial charge in [0.2, 0.25) is 5.91 Å². The predicted molar refractivity (Wildman–Crippen MR) is 86.7 cm³/mol. The zero-order valence-electron chi connectivity index (χ0n) is 13.8. The lowest BCUT2D eigenvalue weighted by Gasteiger charge is -2.35. The molecule has 1 aliphatic heterocycles. The predicted octanol–water partition coefficient (Wildman–Crippen LogP) is 2.26. The van der Waals surface area contributed by atoms with Gasteiger partial charge in [-0.25, -0.2) is 0 Å². The number of hydrogen-bond donors (Lipinski definition) is 0. The van der Waals surface area contributed by atoms with Crippen LogP contribution in [0.25, 0.3) is 0 Å². The van der Waals surface area contributed by atoms with Crippen molar-refractivity contribution >= 4 is 11.7 Å². The quantitative estimate of drug-likeness (QED) is 0.856. The van der Waals surface area contributed by atoms with Gasteiger partial charge in [-0.05, 0) is 43.7 Å². The molecule has 1 amide bonds. The number of aromatic nitrogens is 2. The van der Waals surface area contributed by atoms with Crippen molar-refractivity contribution in [2.24, 2.45) is 11.8 Å². The summed E-state index contributed by atoms with van der Waals surface area (Å²) in [6.07, 6.45) is 3.13. The van der Waals surface area contributed by atoms with Crippen LogP contribution in [0.15, 0.2) is 12.1 Å². The molecule has 0 N–H and O–H groups in total. The molecular formula is C17H26N4O. The monoisotopic (exact) mass is 302 g/mol. The smallest absolute Gasteiger partial charge is 0.224 e. The van der Waals surface area contributed by atoms with Gasteiger partial charge in [-0.3, -0.25) is 4.79 Å². The van der Waals surface area contributed by atoms with Crippen LogP contribution < -0.4 is 4.90 Å². The fourth-order valence-electron chi connectivity index (χ4n) is 3.13. The van der Waals surface area contributed by atoms with Crippen molar-refractivity contribution in [2.45, 2.75) is 46.1 Å². The largest absolute Gasteiger partial charge is 0.353 e. The third kappa shape index (κ3) is 3.39. The first-order valence-electron chi connectivity index (χ1n) is 8.39. The van der Waals surface area contributed by atoms with Crippen LogP contribution in [0, 0.1) is 18.8 Å². The van der Waals surface area contributed by atoms with Crippen molar-refractivity contribution < 1.29 is 4.79 Å². The number of nitrogens with zero attached hydrogens (tertiary/aromatic N) is 4. The normalized spacial score (nSPS) is 23.1. The molecule has 0 radical (unpaired) electrons. The second-order valence-corrected chi connectivity index (χ2v) is 7.03. The number of carbonyl (C=O) groups is 1.